The van der Waals surface area contributed by atoms with E-state index >= 15 is 0 Å². The van der Waals surface area contributed by atoms with Gasteiger partial charge in [0.25, 0.3) is 0 Å². The van der Waals surface area contributed by atoms with Gasteiger partial charge >= 0.3 is 5.97 Å². The van der Waals surface area contributed by atoms with Crippen molar-refractivity contribution in [3.8, 4) is 0 Å². The van der Waals surface area contributed by atoms with Crippen LogP contribution in [-0.2, 0) is 14.3 Å². The lowest BCUT2D eigenvalue weighted by molar-refractivity contribution is -0.182. The standard InChI is InChI=1S/C13H14Cl2O4/c1-12(2)18-10(13(3,19-12)11(16)17)8-5-4-7(14)6-9(8)15/h4-6,10H,1-3H3,(H,16,17)/t10-,13+/m0/s1. The fraction of sp³-hybridized carbons (Fsp3) is 0.462. The van der Waals surface area contributed by atoms with E-state index in [2.05, 4.69) is 0 Å². The minimum Gasteiger partial charge on any atom is -0.479 e. The van der Waals surface area contributed by atoms with E-state index < -0.39 is 23.5 Å². The van der Waals surface area contributed by atoms with Gasteiger partial charge in [0.15, 0.2) is 11.4 Å². The second kappa shape index (κ2) is 4.63. The molecule has 0 bridgehead atoms. The number of carbonyl (C=O) groups is 1. The van der Waals surface area contributed by atoms with Crippen molar-refractivity contribution < 1.29 is 19.4 Å². The molecule has 0 aliphatic carbocycles. The molecule has 1 heterocycles. The van der Waals surface area contributed by atoms with Gasteiger partial charge in [0, 0.05) is 15.6 Å². The van der Waals surface area contributed by atoms with Crippen LogP contribution >= 0.6 is 23.2 Å². The molecule has 0 spiro atoms. The van der Waals surface area contributed by atoms with Gasteiger partial charge in [-0.3, -0.25) is 0 Å². The van der Waals surface area contributed by atoms with Crippen molar-refractivity contribution in [1.82, 2.24) is 0 Å². The van der Waals surface area contributed by atoms with Gasteiger partial charge in [0.1, 0.15) is 6.10 Å². The second-order valence-corrected chi connectivity index (χ2v) is 5.92. The summed E-state index contributed by atoms with van der Waals surface area (Å²) in [6, 6.07) is 4.84. The fourth-order valence-electron chi connectivity index (χ4n) is 2.21. The molecule has 0 amide bonds. The van der Waals surface area contributed by atoms with E-state index in [1.165, 1.54) is 6.92 Å². The van der Waals surface area contributed by atoms with Crippen molar-refractivity contribution >= 4 is 29.2 Å². The Morgan fingerprint density at radius 3 is 2.47 bits per heavy atom. The molecule has 0 unspecified atom stereocenters. The van der Waals surface area contributed by atoms with Gasteiger partial charge < -0.3 is 14.6 Å². The lowest BCUT2D eigenvalue weighted by Crippen LogP contribution is -2.41. The van der Waals surface area contributed by atoms with Crippen LogP contribution in [0.4, 0.5) is 0 Å². The highest BCUT2D eigenvalue weighted by atomic mass is 35.5. The van der Waals surface area contributed by atoms with Crippen molar-refractivity contribution in [1.29, 1.82) is 0 Å². The molecule has 0 saturated carbocycles. The average molecular weight is 305 g/mol. The largest absolute Gasteiger partial charge is 0.479 e. The minimum atomic E-state index is -1.50. The molecule has 2 rings (SSSR count). The molecule has 1 N–H and O–H groups in total. The van der Waals surface area contributed by atoms with Crippen molar-refractivity contribution in [3.05, 3.63) is 33.8 Å². The predicted octanol–water partition coefficient (Wildman–Crippen LogP) is 3.66. The Balaban J connectivity index is 2.50. The normalized spacial score (nSPS) is 29.4. The van der Waals surface area contributed by atoms with Crippen LogP contribution in [0.2, 0.25) is 10.0 Å². The second-order valence-electron chi connectivity index (χ2n) is 5.08. The van der Waals surface area contributed by atoms with Crippen LogP contribution in [0.25, 0.3) is 0 Å². The van der Waals surface area contributed by atoms with Crippen molar-refractivity contribution in [2.24, 2.45) is 0 Å². The van der Waals surface area contributed by atoms with Gasteiger partial charge in [-0.05, 0) is 32.9 Å². The Hall–Kier alpha value is -0.810. The molecule has 1 aromatic carbocycles. The molecular formula is C13H14Cl2O4. The van der Waals surface area contributed by atoms with Gasteiger partial charge in [-0.15, -0.1) is 0 Å². The first-order valence-electron chi connectivity index (χ1n) is 5.72. The van der Waals surface area contributed by atoms with Gasteiger partial charge in [-0.25, -0.2) is 4.79 Å². The van der Waals surface area contributed by atoms with E-state index in [0.717, 1.165) is 0 Å². The molecule has 4 nitrogen and oxygen atoms in total. The highest BCUT2D eigenvalue weighted by Crippen LogP contribution is 2.47. The first-order chi connectivity index (χ1) is 8.66. The Labute approximate surface area is 121 Å². The summed E-state index contributed by atoms with van der Waals surface area (Å²) in [6.07, 6.45) is -0.801. The zero-order chi connectivity index (χ0) is 14.4. The molecule has 19 heavy (non-hydrogen) atoms. The number of hydrogen-bond acceptors (Lipinski definition) is 3. The molecule has 1 saturated heterocycles. The van der Waals surface area contributed by atoms with Crippen LogP contribution in [0.3, 0.4) is 0 Å². The highest BCUT2D eigenvalue weighted by molar-refractivity contribution is 6.35. The molecule has 0 aromatic heterocycles. The number of carboxylic acid groups (broad SMARTS) is 1. The topological polar surface area (TPSA) is 55.8 Å². The number of halogens is 2. The number of aliphatic carboxylic acids is 1. The summed E-state index contributed by atoms with van der Waals surface area (Å²) in [6.45, 7) is 4.80. The van der Waals surface area contributed by atoms with E-state index in [-0.39, 0.29) is 0 Å². The lowest BCUT2D eigenvalue weighted by atomic mass is 9.93. The molecule has 1 aromatic rings. The van der Waals surface area contributed by atoms with Crippen LogP contribution in [0.1, 0.15) is 32.4 Å². The number of carboxylic acids is 1. The van der Waals surface area contributed by atoms with Gasteiger partial charge in [-0.1, -0.05) is 29.3 Å². The maximum atomic E-state index is 11.5. The molecule has 2 atom stereocenters. The molecule has 104 valence electrons. The van der Waals surface area contributed by atoms with Crippen molar-refractivity contribution in [2.75, 3.05) is 0 Å². The number of benzene rings is 1. The molecular weight excluding hydrogens is 291 g/mol. The Kier molecular flexibility index (Phi) is 3.56. The van der Waals surface area contributed by atoms with Crippen LogP contribution in [0.15, 0.2) is 18.2 Å². The third-order valence-electron chi connectivity index (χ3n) is 3.03. The molecule has 0 radical (unpaired) electrons. The quantitative estimate of drug-likeness (QED) is 0.906. The van der Waals surface area contributed by atoms with Crippen LogP contribution in [0, 0.1) is 0 Å². The Morgan fingerprint density at radius 2 is 1.95 bits per heavy atom. The summed E-state index contributed by atoms with van der Waals surface area (Å²) in [7, 11) is 0. The van der Waals surface area contributed by atoms with E-state index in [1.54, 1.807) is 32.0 Å². The number of ether oxygens (including phenoxy) is 2. The predicted molar refractivity (Wildman–Crippen MR) is 71.5 cm³/mol. The summed E-state index contributed by atoms with van der Waals surface area (Å²) in [5.74, 6) is -2.10. The first kappa shape index (κ1) is 14.6. The summed E-state index contributed by atoms with van der Waals surface area (Å²) >= 11 is 12.0. The molecule has 6 heteroatoms. The van der Waals surface area contributed by atoms with Gasteiger partial charge in [0.05, 0.1) is 0 Å². The van der Waals surface area contributed by atoms with E-state index in [4.69, 9.17) is 32.7 Å². The lowest BCUT2D eigenvalue weighted by Gasteiger charge is -2.24. The summed E-state index contributed by atoms with van der Waals surface area (Å²) in [5.41, 5.74) is -0.956. The van der Waals surface area contributed by atoms with Crippen LogP contribution in [0.5, 0.6) is 0 Å². The summed E-state index contributed by atoms with van der Waals surface area (Å²) in [4.78, 5) is 11.5. The first-order valence-corrected chi connectivity index (χ1v) is 6.48. The number of rotatable bonds is 2. The van der Waals surface area contributed by atoms with E-state index in [9.17, 15) is 9.90 Å². The maximum Gasteiger partial charge on any atom is 0.338 e. The maximum absolute atomic E-state index is 11.5. The minimum absolute atomic E-state index is 0.353. The van der Waals surface area contributed by atoms with Gasteiger partial charge in [-0.2, -0.15) is 0 Å². The van der Waals surface area contributed by atoms with Gasteiger partial charge in [0.2, 0.25) is 0 Å². The Bertz CT molecular complexity index is 529. The molecule has 1 aliphatic heterocycles. The van der Waals surface area contributed by atoms with Crippen LogP contribution < -0.4 is 0 Å². The summed E-state index contributed by atoms with van der Waals surface area (Å²) < 4.78 is 11.2. The zero-order valence-corrected chi connectivity index (χ0v) is 12.2. The monoisotopic (exact) mass is 304 g/mol. The summed E-state index contributed by atoms with van der Waals surface area (Å²) in [5, 5.41) is 10.2. The fourth-order valence-corrected chi connectivity index (χ4v) is 2.72. The van der Waals surface area contributed by atoms with E-state index in [0.29, 0.717) is 15.6 Å². The SMILES string of the molecule is CC1(C)O[C@@H](c2ccc(Cl)cc2Cl)[C@](C)(C(=O)O)O1. The average Bonchev–Trinajstić information content (AvgIpc) is 2.50. The molecule has 1 aliphatic rings. The van der Waals surface area contributed by atoms with Crippen molar-refractivity contribution in [3.63, 3.8) is 0 Å². The number of hydrogen-bond donors (Lipinski definition) is 1. The third kappa shape index (κ3) is 2.58. The highest BCUT2D eigenvalue weighted by Gasteiger charge is 2.56. The molecule has 1 fully saturated rings. The Morgan fingerprint density at radius 1 is 1.32 bits per heavy atom. The van der Waals surface area contributed by atoms with Crippen LogP contribution in [-0.4, -0.2) is 22.5 Å². The van der Waals surface area contributed by atoms with E-state index in [1.807, 2.05) is 0 Å². The zero-order valence-electron chi connectivity index (χ0n) is 10.7. The third-order valence-corrected chi connectivity index (χ3v) is 3.59. The van der Waals surface area contributed by atoms with Crippen molar-refractivity contribution in [2.45, 2.75) is 38.3 Å². The smallest absolute Gasteiger partial charge is 0.338 e.